The van der Waals surface area contributed by atoms with Crippen molar-refractivity contribution < 1.29 is 9.59 Å². The Morgan fingerprint density at radius 3 is 2.59 bits per heavy atom. The van der Waals surface area contributed by atoms with Crippen LogP contribution in [-0.2, 0) is 4.79 Å². The molecule has 4 rings (SSSR count). The van der Waals surface area contributed by atoms with Crippen LogP contribution in [0.5, 0.6) is 0 Å². The molecule has 0 saturated heterocycles. The smallest absolute Gasteiger partial charge is 0.224 e. The lowest BCUT2D eigenvalue weighted by Gasteiger charge is -2.08. The average molecular weight is 385 g/mol. The van der Waals surface area contributed by atoms with E-state index in [-0.39, 0.29) is 24.5 Å². The minimum Gasteiger partial charge on any atom is -0.326 e. The van der Waals surface area contributed by atoms with E-state index in [0.29, 0.717) is 22.7 Å². The van der Waals surface area contributed by atoms with Gasteiger partial charge in [-0.05, 0) is 31.2 Å². The molecule has 2 heterocycles. The summed E-state index contributed by atoms with van der Waals surface area (Å²) in [6.07, 6.45) is 0.294. The SMILES string of the molecule is Cc1nnc2ccc(-c3cccc(NC(=O)CCC(=O)c4ccccc4)c3)nn12. The number of carbonyl (C=O) groups excluding carboxylic acids is 2. The van der Waals surface area contributed by atoms with Crippen molar-refractivity contribution >= 4 is 23.0 Å². The third kappa shape index (κ3) is 4.19. The summed E-state index contributed by atoms with van der Waals surface area (Å²) in [5, 5.41) is 15.4. The molecule has 7 nitrogen and oxygen atoms in total. The van der Waals surface area contributed by atoms with Crippen LogP contribution in [-0.4, -0.2) is 31.5 Å². The number of aryl methyl sites for hydroxylation is 1. The molecule has 0 aliphatic rings. The molecule has 1 N–H and O–H groups in total. The number of carbonyl (C=O) groups is 2. The van der Waals surface area contributed by atoms with Crippen LogP contribution in [0.2, 0.25) is 0 Å². The van der Waals surface area contributed by atoms with Gasteiger partial charge in [-0.1, -0.05) is 42.5 Å². The molecule has 144 valence electrons. The van der Waals surface area contributed by atoms with Gasteiger partial charge in [-0.25, -0.2) is 0 Å². The van der Waals surface area contributed by atoms with Crippen LogP contribution < -0.4 is 5.32 Å². The lowest BCUT2D eigenvalue weighted by molar-refractivity contribution is -0.116. The van der Waals surface area contributed by atoms with Crippen molar-refractivity contribution in [2.45, 2.75) is 19.8 Å². The number of anilines is 1. The first-order valence-corrected chi connectivity index (χ1v) is 9.28. The molecule has 2 aromatic heterocycles. The number of ketones is 1. The predicted molar refractivity (Wildman–Crippen MR) is 110 cm³/mol. The van der Waals surface area contributed by atoms with Gasteiger partial charge in [0.2, 0.25) is 5.91 Å². The van der Waals surface area contributed by atoms with E-state index in [2.05, 4.69) is 20.6 Å². The van der Waals surface area contributed by atoms with Crippen molar-refractivity contribution in [2.24, 2.45) is 0 Å². The third-order valence-electron chi connectivity index (χ3n) is 4.54. The van der Waals surface area contributed by atoms with E-state index in [1.54, 1.807) is 16.6 Å². The summed E-state index contributed by atoms with van der Waals surface area (Å²) >= 11 is 0. The Morgan fingerprint density at radius 1 is 0.931 bits per heavy atom. The molecule has 7 heteroatoms. The van der Waals surface area contributed by atoms with Crippen LogP contribution in [0.4, 0.5) is 5.69 Å². The molecule has 0 saturated carbocycles. The maximum Gasteiger partial charge on any atom is 0.224 e. The van der Waals surface area contributed by atoms with E-state index in [1.807, 2.05) is 61.5 Å². The Kier molecular flexibility index (Phi) is 5.11. The molecule has 0 radical (unpaired) electrons. The molecule has 0 atom stereocenters. The van der Waals surface area contributed by atoms with Crippen molar-refractivity contribution in [3.8, 4) is 11.3 Å². The summed E-state index contributed by atoms with van der Waals surface area (Å²) in [6.45, 7) is 1.84. The Balaban J connectivity index is 1.43. The number of hydrogen-bond donors (Lipinski definition) is 1. The van der Waals surface area contributed by atoms with Crippen molar-refractivity contribution in [3.05, 3.63) is 78.1 Å². The van der Waals surface area contributed by atoms with Crippen LogP contribution in [0.15, 0.2) is 66.7 Å². The lowest BCUT2D eigenvalue weighted by Crippen LogP contribution is -2.13. The quantitative estimate of drug-likeness (QED) is 0.511. The maximum absolute atomic E-state index is 12.3. The van der Waals surface area contributed by atoms with E-state index in [0.717, 1.165) is 11.3 Å². The van der Waals surface area contributed by atoms with Crippen molar-refractivity contribution in [1.29, 1.82) is 0 Å². The van der Waals surface area contributed by atoms with Gasteiger partial charge in [0.1, 0.15) is 0 Å². The molecule has 0 unspecified atom stereocenters. The number of rotatable bonds is 6. The number of aromatic nitrogens is 4. The highest BCUT2D eigenvalue weighted by Gasteiger charge is 2.10. The highest BCUT2D eigenvalue weighted by atomic mass is 16.2. The number of fused-ring (bicyclic) bond motifs is 1. The van der Waals surface area contributed by atoms with E-state index < -0.39 is 0 Å². The van der Waals surface area contributed by atoms with Crippen molar-refractivity contribution in [2.75, 3.05) is 5.32 Å². The zero-order valence-electron chi connectivity index (χ0n) is 15.9. The topological polar surface area (TPSA) is 89.2 Å². The standard InChI is InChI=1S/C22H19N5O2/c1-15-24-25-21-12-10-19(26-27(15)21)17-8-5-9-18(14-17)23-22(29)13-11-20(28)16-6-3-2-4-7-16/h2-10,12,14H,11,13H2,1H3,(H,23,29). The third-order valence-corrected chi connectivity index (χ3v) is 4.54. The molecule has 29 heavy (non-hydrogen) atoms. The Bertz CT molecular complexity index is 1180. The van der Waals surface area contributed by atoms with Crippen LogP contribution >= 0.6 is 0 Å². The van der Waals surface area contributed by atoms with Gasteiger partial charge in [0.15, 0.2) is 17.3 Å². The second kappa shape index (κ2) is 8.02. The fourth-order valence-electron chi connectivity index (χ4n) is 3.03. The van der Waals surface area contributed by atoms with Gasteiger partial charge in [-0.2, -0.15) is 9.61 Å². The second-order valence-electron chi connectivity index (χ2n) is 6.65. The molecule has 4 aromatic rings. The zero-order valence-corrected chi connectivity index (χ0v) is 15.9. The van der Waals surface area contributed by atoms with E-state index in [1.165, 1.54) is 0 Å². The number of nitrogens with zero attached hydrogens (tertiary/aromatic N) is 4. The van der Waals surface area contributed by atoms with Gasteiger partial charge in [0.25, 0.3) is 0 Å². The number of amides is 1. The van der Waals surface area contributed by atoms with Crippen LogP contribution in [0.25, 0.3) is 16.9 Å². The van der Waals surface area contributed by atoms with Gasteiger partial charge in [0, 0.05) is 29.7 Å². The minimum atomic E-state index is -0.204. The monoisotopic (exact) mass is 385 g/mol. The molecule has 0 bridgehead atoms. The largest absolute Gasteiger partial charge is 0.326 e. The van der Waals surface area contributed by atoms with Crippen molar-refractivity contribution in [3.63, 3.8) is 0 Å². The van der Waals surface area contributed by atoms with Gasteiger partial charge >= 0.3 is 0 Å². The fourth-order valence-corrected chi connectivity index (χ4v) is 3.03. The first-order valence-electron chi connectivity index (χ1n) is 9.28. The van der Waals surface area contributed by atoms with Crippen LogP contribution in [0.3, 0.4) is 0 Å². The predicted octanol–water partition coefficient (Wildman–Crippen LogP) is 3.70. The summed E-state index contributed by atoms with van der Waals surface area (Å²) in [7, 11) is 0. The first-order chi connectivity index (χ1) is 14.1. The summed E-state index contributed by atoms with van der Waals surface area (Å²) in [4.78, 5) is 24.4. The highest BCUT2D eigenvalue weighted by Crippen LogP contribution is 2.21. The second-order valence-corrected chi connectivity index (χ2v) is 6.65. The van der Waals surface area contributed by atoms with Crippen LogP contribution in [0, 0.1) is 6.92 Å². The molecule has 0 fully saturated rings. The van der Waals surface area contributed by atoms with E-state index in [4.69, 9.17) is 0 Å². The fraction of sp³-hybridized carbons (Fsp3) is 0.136. The maximum atomic E-state index is 12.3. The summed E-state index contributed by atoms with van der Waals surface area (Å²) < 4.78 is 1.68. The molecule has 0 spiro atoms. The van der Waals surface area contributed by atoms with Crippen molar-refractivity contribution in [1.82, 2.24) is 19.8 Å². The number of nitrogens with one attached hydrogen (secondary N) is 1. The van der Waals surface area contributed by atoms with Gasteiger partial charge in [-0.15, -0.1) is 10.2 Å². The number of benzene rings is 2. The minimum absolute atomic E-state index is 0.0451. The molecular weight excluding hydrogens is 366 g/mol. The molecular formula is C22H19N5O2. The van der Waals surface area contributed by atoms with E-state index in [9.17, 15) is 9.59 Å². The normalized spacial score (nSPS) is 10.8. The zero-order chi connectivity index (χ0) is 20.2. The Morgan fingerprint density at radius 2 is 1.76 bits per heavy atom. The first kappa shape index (κ1) is 18.5. The average Bonchev–Trinajstić information content (AvgIpc) is 3.13. The lowest BCUT2D eigenvalue weighted by atomic mass is 10.1. The highest BCUT2D eigenvalue weighted by molar-refractivity contribution is 6.00. The van der Waals surface area contributed by atoms with Gasteiger partial charge in [0.05, 0.1) is 5.69 Å². The van der Waals surface area contributed by atoms with Gasteiger partial charge in [-0.3, -0.25) is 9.59 Å². The molecule has 2 aromatic carbocycles. The number of hydrogen-bond acceptors (Lipinski definition) is 5. The Hall–Kier alpha value is -3.87. The van der Waals surface area contributed by atoms with Crippen LogP contribution in [0.1, 0.15) is 29.0 Å². The number of Topliss-reactive ketones (excluding diaryl/α,β-unsaturated/α-hetero) is 1. The summed E-state index contributed by atoms with van der Waals surface area (Å²) in [5.41, 5.74) is 3.56. The Labute approximate surface area is 167 Å². The molecule has 0 aliphatic heterocycles. The summed E-state index contributed by atoms with van der Waals surface area (Å²) in [6, 6.07) is 20.1. The van der Waals surface area contributed by atoms with Gasteiger partial charge < -0.3 is 5.32 Å². The molecule has 1 amide bonds. The molecule has 0 aliphatic carbocycles. The summed E-state index contributed by atoms with van der Waals surface area (Å²) in [5.74, 6) is 0.454. The van der Waals surface area contributed by atoms with E-state index >= 15 is 0 Å².